The van der Waals surface area contributed by atoms with Crippen molar-refractivity contribution in [2.75, 3.05) is 6.61 Å². The minimum atomic E-state index is -0.961. The normalized spacial score (nSPS) is 16.1. The molecule has 0 saturated heterocycles. The van der Waals surface area contributed by atoms with Crippen LogP contribution < -0.4 is 9.47 Å². The molecule has 28 heavy (non-hydrogen) atoms. The molecule has 2 heterocycles. The van der Waals surface area contributed by atoms with Gasteiger partial charge in [0.05, 0.1) is 13.0 Å². The molecule has 0 saturated carbocycles. The molecular formula is C22H21NO5. The number of carbonyl (C=O) groups is 1. The summed E-state index contributed by atoms with van der Waals surface area (Å²) in [5.41, 5.74) is 3.61. The zero-order chi connectivity index (χ0) is 19.7. The van der Waals surface area contributed by atoms with Crippen LogP contribution in [0.3, 0.4) is 0 Å². The molecule has 6 nitrogen and oxygen atoms in total. The molecule has 0 fully saturated rings. The van der Waals surface area contributed by atoms with Crippen molar-refractivity contribution in [2.24, 2.45) is 0 Å². The molecule has 4 rings (SSSR count). The lowest BCUT2D eigenvalue weighted by Gasteiger charge is -2.11. The van der Waals surface area contributed by atoms with Crippen LogP contribution in [0, 0.1) is 0 Å². The van der Waals surface area contributed by atoms with E-state index in [4.69, 9.17) is 13.9 Å². The second-order valence-electron chi connectivity index (χ2n) is 6.79. The van der Waals surface area contributed by atoms with Gasteiger partial charge < -0.3 is 19.0 Å². The molecule has 1 aliphatic heterocycles. The summed E-state index contributed by atoms with van der Waals surface area (Å²) >= 11 is 0. The van der Waals surface area contributed by atoms with Gasteiger partial charge in [0.25, 0.3) is 0 Å². The maximum atomic E-state index is 11.5. The van der Waals surface area contributed by atoms with Gasteiger partial charge in [-0.15, -0.1) is 0 Å². The van der Waals surface area contributed by atoms with Crippen LogP contribution in [-0.4, -0.2) is 28.8 Å². The van der Waals surface area contributed by atoms with Crippen LogP contribution in [0.5, 0.6) is 11.5 Å². The van der Waals surface area contributed by atoms with Crippen molar-refractivity contribution >= 4 is 28.7 Å². The third kappa shape index (κ3) is 3.58. The number of fused-ring (bicyclic) bond motifs is 2. The summed E-state index contributed by atoms with van der Waals surface area (Å²) in [5, 5.41) is 9.39. The summed E-state index contributed by atoms with van der Waals surface area (Å²) in [4.78, 5) is 15.9. The Morgan fingerprint density at radius 2 is 2.18 bits per heavy atom. The fourth-order valence-corrected chi connectivity index (χ4v) is 3.40. The van der Waals surface area contributed by atoms with Crippen molar-refractivity contribution in [3.8, 4) is 11.5 Å². The van der Waals surface area contributed by atoms with Crippen LogP contribution in [0.4, 0.5) is 0 Å². The Bertz CT molecular complexity index is 1030. The van der Waals surface area contributed by atoms with E-state index >= 15 is 0 Å². The first-order valence-electron chi connectivity index (χ1n) is 9.28. The molecule has 0 spiro atoms. The second-order valence-corrected chi connectivity index (χ2v) is 6.79. The smallest absolute Gasteiger partial charge is 0.308 e. The van der Waals surface area contributed by atoms with Gasteiger partial charge >= 0.3 is 5.97 Å². The van der Waals surface area contributed by atoms with Crippen molar-refractivity contribution in [1.82, 2.24) is 4.98 Å². The number of hydrogen-bond acceptors (Lipinski definition) is 5. The van der Waals surface area contributed by atoms with Gasteiger partial charge in [-0.25, -0.2) is 4.98 Å². The summed E-state index contributed by atoms with van der Waals surface area (Å²) in [6, 6.07) is 11.2. The van der Waals surface area contributed by atoms with E-state index in [0.717, 1.165) is 23.3 Å². The highest BCUT2D eigenvalue weighted by Gasteiger charge is 2.22. The Morgan fingerprint density at radius 1 is 1.36 bits per heavy atom. The van der Waals surface area contributed by atoms with Gasteiger partial charge in [-0.05, 0) is 44.2 Å². The number of aromatic nitrogens is 1. The summed E-state index contributed by atoms with van der Waals surface area (Å²) < 4.78 is 17.5. The minimum absolute atomic E-state index is 0.110. The Hall–Kier alpha value is -3.28. The first-order chi connectivity index (χ1) is 13.5. The van der Waals surface area contributed by atoms with E-state index in [1.807, 2.05) is 44.2 Å². The van der Waals surface area contributed by atoms with Crippen LogP contribution in [0.15, 0.2) is 40.8 Å². The monoisotopic (exact) mass is 379 g/mol. The van der Waals surface area contributed by atoms with Crippen molar-refractivity contribution in [3.63, 3.8) is 0 Å². The number of rotatable bonds is 6. The topological polar surface area (TPSA) is 81.8 Å². The molecule has 1 unspecified atom stereocenters. The molecule has 0 amide bonds. The van der Waals surface area contributed by atoms with Gasteiger partial charge in [0.1, 0.15) is 23.1 Å². The predicted molar refractivity (Wildman–Crippen MR) is 106 cm³/mol. The Balaban J connectivity index is 1.82. The fraction of sp³-hybridized carbons (Fsp3) is 0.273. The maximum Gasteiger partial charge on any atom is 0.308 e. The highest BCUT2D eigenvalue weighted by atomic mass is 16.5. The van der Waals surface area contributed by atoms with Crippen LogP contribution in [0.1, 0.15) is 37.3 Å². The fourth-order valence-electron chi connectivity index (χ4n) is 3.40. The average Bonchev–Trinajstić information content (AvgIpc) is 3.23. The third-order valence-corrected chi connectivity index (χ3v) is 4.57. The quantitative estimate of drug-likeness (QED) is 0.676. The molecule has 0 bridgehead atoms. The van der Waals surface area contributed by atoms with E-state index < -0.39 is 5.97 Å². The third-order valence-electron chi connectivity index (χ3n) is 4.57. The minimum Gasteiger partial charge on any atom is -0.493 e. The Labute approximate surface area is 162 Å². The number of oxazole rings is 1. The molecule has 1 aromatic heterocycles. The number of carboxylic acids is 1. The van der Waals surface area contributed by atoms with E-state index in [1.54, 1.807) is 12.1 Å². The zero-order valence-corrected chi connectivity index (χ0v) is 15.8. The number of benzene rings is 2. The van der Waals surface area contributed by atoms with Crippen LogP contribution in [0.25, 0.3) is 22.7 Å². The van der Waals surface area contributed by atoms with Crippen molar-refractivity contribution in [2.45, 2.75) is 32.8 Å². The van der Waals surface area contributed by atoms with Gasteiger partial charge in [0.2, 0.25) is 5.89 Å². The maximum absolute atomic E-state index is 11.5. The average molecular weight is 379 g/mol. The van der Waals surface area contributed by atoms with Crippen LogP contribution in [-0.2, 0) is 11.2 Å². The standard InChI is InChI=1S/C22H21NO5/c1-3-26-19-10-14-8-13(2)27-20(14)11-15(19)9-16(12-21(24)25)22-23-17-6-4-5-7-18(17)28-22/h4-7,9-11,13H,3,8,12H2,1-2H3,(H,24,25)/b16-9-. The van der Waals surface area contributed by atoms with Gasteiger partial charge in [-0.2, -0.15) is 0 Å². The number of nitrogens with zero attached hydrogens (tertiary/aromatic N) is 1. The molecule has 6 heteroatoms. The van der Waals surface area contributed by atoms with Crippen molar-refractivity contribution in [1.29, 1.82) is 0 Å². The molecule has 1 aliphatic rings. The largest absolute Gasteiger partial charge is 0.493 e. The lowest BCUT2D eigenvalue weighted by atomic mass is 10.0. The number of para-hydroxylation sites is 2. The number of hydrogen-bond donors (Lipinski definition) is 1. The summed E-state index contributed by atoms with van der Waals surface area (Å²) in [7, 11) is 0. The molecule has 1 N–H and O–H groups in total. The van der Waals surface area contributed by atoms with Crippen LogP contribution in [0.2, 0.25) is 0 Å². The second kappa shape index (κ2) is 7.38. The zero-order valence-electron chi connectivity index (χ0n) is 15.8. The summed E-state index contributed by atoms with van der Waals surface area (Å²) in [5.74, 6) is 0.825. The van der Waals surface area contributed by atoms with Crippen molar-refractivity contribution < 1.29 is 23.8 Å². The Kier molecular flexibility index (Phi) is 4.77. The molecule has 1 atom stereocenters. The molecule has 0 radical (unpaired) electrons. The first-order valence-corrected chi connectivity index (χ1v) is 9.28. The van der Waals surface area contributed by atoms with E-state index in [0.29, 0.717) is 34.9 Å². The molecular weight excluding hydrogens is 358 g/mol. The van der Waals surface area contributed by atoms with Gasteiger partial charge in [0.15, 0.2) is 5.58 Å². The SMILES string of the molecule is CCOc1cc2c(cc1/C=C(/CC(=O)O)c1nc3ccccc3o1)OC(C)C2. The number of aliphatic carboxylic acids is 1. The predicted octanol–water partition coefficient (Wildman–Crippen LogP) is 4.57. The summed E-state index contributed by atoms with van der Waals surface area (Å²) in [6.45, 7) is 4.44. The van der Waals surface area contributed by atoms with E-state index in [1.165, 1.54) is 0 Å². The van der Waals surface area contributed by atoms with E-state index in [-0.39, 0.29) is 12.5 Å². The molecule has 2 aromatic carbocycles. The molecule has 3 aromatic rings. The Morgan fingerprint density at radius 3 is 2.93 bits per heavy atom. The van der Waals surface area contributed by atoms with Gasteiger partial charge in [0, 0.05) is 23.1 Å². The van der Waals surface area contributed by atoms with Gasteiger partial charge in [-0.3, -0.25) is 4.79 Å². The number of ether oxygens (including phenoxy) is 2. The number of carboxylic acid groups (broad SMARTS) is 1. The van der Waals surface area contributed by atoms with Gasteiger partial charge in [-0.1, -0.05) is 12.1 Å². The lowest BCUT2D eigenvalue weighted by Crippen LogP contribution is -2.05. The summed E-state index contributed by atoms with van der Waals surface area (Å²) in [6.07, 6.45) is 2.48. The first kappa shape index (κ1) is 18.1. The van der Waals surface area contributed by atoms with Crippen LogP contribution >= 0.6 is 0 Å². The molecule has 0 aliphatic carbocycles. The van der Waals surface area contributed by atoms with E-state index in [2.05, 4.69) is 4.98 Å². The van der Waals surface area contributed by atoms with E-state index in [9.17, 15) is 9.90 Å². The van der Waals surface area contributed by atoms with Crippen molar-refractivity contribution in [3.05, 3.63) is 53.4 Å². The molecule has 144 valence electrons. The highest BCUT2D eigenvalue weighted by Crippen LogP contribution is 2.37. The lowest BCUT2D eigenvalue weighted by molar-refractivity contribution is -0.135. The highest BCUT2D eigenvalue weighted by molar-refractivity contribution is 5.92.